The van der Waals surface area contributed by atoms with Crippen LogP contribution in [0, 0.1) is 5.41 Å². The van der Waals surface area contributed by atoms with Crippen LogP contribution in [0.25, 0.3) is 21.8 Å². The Hall–Kier alpha value is -4.72. The van der Waals surface area contributed by atoms with Crippen molar-refractivity contribution in [3.63, 3.8) is 0 Å². The SMILES string of the molecule is N=Cc1cc2c(Oc3ccc4c(ccn4C(=O)NCCF)c3)ccnc2cc1OCc1ccccc1. The largest absolute Gasteiger partial charge is 0.488 e. The van der Waals surface area contributed by atoms with Crippen molar-refractivity contribution >= 4 is 34.1 Å². The summed E-state index contributed by atoms with van der Waals surface area (Å²) in [7, 11) is 0. The number of halogens is 1. The molecule has 3 aromatic carbocycles. The summed E-state index contributed by atoms with van der Waals surface area (Å²) in [6.07, 6.45) is 4.55. The fraction of sp³-hybridized carbons (Fsp3) is 0.107. The highest BCUT2D eigenvalue weighted by Gasteiger charge is 2.13. The van der Waals surface area contributed by atoms with Gasteiger partial charge in [0.25, 0.3) is 0 Å². The maximum absolute atomic E-state index is 12.4. The van der Waals surface area contributed by atoms with E-state index in [0.29, 0.717) is 40.5 Å². The molecule has 0 spiro atoms. The third kappa shape index (κ3) is 4.74. The lowest BCUT2D eigenvalue weighted by Crippen LogP contribution is -2.29. The number of amides is 1. The maximum atomic E-state index is 12.4. The molecule has 5 aromatic rings. The van der Waals surface area contributed by atoms with Gasteiger partial charge in [-0.2, -0.15) is 0 Å². The number of nitrogens with one attached hydrogen (secondary N) is 2. The molecule has 8 heteroatoms. The van der Waals surface area contributed by atoms with Gasteiger partial charge in [0.1, 0.15) is 30.5 Å². The highest BCUT2D eigenvalue weighted by Crippen LogP contribution is 2.34. The average Bonchev–Trinajstić information content (AvgIpc) is 3.34. The van der Waals surface area contributed by atoms with Crippen LogP contribution >= 0.6 is 0 Å². The highest BCUT2D eigenvalue weighted by atomic mass is 19.1. The van der Waals surface area contributed by atoms with Crippen molar-refractivity contribution in [2.45, 2.75) is 6.61 Å². The van der Waals surface area contributed by atoms with Crippen LogP contribution < -0.4 is 14.8 Å². The molecule has 180 valence electrons. The van der Waals surface area contributed by atoms with Crippen molar-refractivity contribution in [1.29, 1.82) is 5.41 Å². The van der Waals surface area contributed by atoms with Crippen LogP contribution in [0.15, 0.2) is 85.2 Å². The van der Waals surface area contributed by atoms with Gasteiger partial charge in [-0.3, -0.25) is 9.55 Å². The first-order valence-corrected chi connectivity index (χ1v) is 11.4. The number of aromatic nitrogens is 2. The molecule has 5 rings (SSSR count). The van der Waals surface area contributed by atoms with Gasteiger partial charge in [-0.1, -0.05) is 30.3 Å². The predicted molar refractivity (Wildman–Crippen MR) is 137 cm³/mol. The van der Waals surface area contributed by atoms with E-state index in [1.807, 2.05) is 48.5 Å². The summed E-state index contributed by atoms with van der Waals surface area (Å²) >= 11 is 0. The summed E-state index contributed by atoms with van der Waals surface area (Å²) in [6, 6.07) is 22.0. The first-order valence-electron chi connectivity index (χ1n) is 11.4. The number of pyridine rings is 1. The number of benzene rings is 3. The number of ether oxygens (including phenoxy) is 2. The lowest BCUT2D eigenvalue weighted by molar-refractivity contribution is 0.242. The minimum Gasteiger partial charge on any atom is -0.488 e. The number of hydrogen-bond donors (Lipinski definition) is 2. The molecule has 0 fully saturated rings. The summed E-state index contributed by atoms with van der Waals surface area (Å²) in [5.74, 6) is 1.73. The van der Waals surface area contributed by atoms with Gasteiger partial charge in [0.15, 0.2) is 0 Å². The van der Waals surface area contributed by atoms with Gasteiger partial charge in [-0.15, -0.1) is 0 Å². The average molecular weight is 483 g/mol. The third-order valence-corrected chi connectivity index (χ3v) is 5.70. The summed E-state index contributed by atoms with van der Waals surface area (Å²) in [5.41, 5.74) is 3.01. The monoisotopic (exact) mass is 482 g/mol. The van der Waals surface area contributed by atoms with E-state index in [1.54, 1.807) is 36.7 Å². The van der Waals surface area contributed by atoms with Crippen LogP contribution in [0.4, 0.5) is 9.18 Å². The Labute approximate surface area is 206 Å². The molecule has 0 radical (unpaired) electrons. The summed E-state index contributed by atoms with van der Waals surface area (Å²) in [6.45, 7) is -0.274. The van der Waals surface area contributed by atoms with Crippen LogP contribution in [0.5, 0.6) is 17.2 Å². The van der Waals surface area contributed by atoms with Crippen LogP contribution in [-0.2, 0) is 6.61 Å². The van der Waals surface area contributed by atoms with Crippen molar-refractivity contribution in [2.24, 2.45) is 0 Å². The molecule has 0 saturated carbocycles. The van der Waals surface area contributed by atoms with E-state index in [4.69, 9.17) is 14.9 Å². The van der Waals surface area contributed by atoms with Gasteiger partial charge in [-0.25, -0.2) is 9.18 Å². The number of alkyl halides is 1. The molecule has 1 amide bonds. The Balaban J connectivity index is 1.41. The molecule has 0 aliphatic carbocycles. The topological polar surface area (TPSA) is 89.2 Å². The second-order valence-corrected chi connectivity index (χ2v) is 8.06. The molecule has 0 atom stereocenters. The van der Waals surface area contributed by atoms with Gasteiger partial charge >= 0.3 is 6.03 Å². The molecule has 0 saturated heterocycles. The quantitative estimate of drug-likeness (QED) is 0.262. The lowest BCUT2D eigenvalue weighted by atomic mass is 10.1. The van der Waals surface area contributed by atoms with Gasteiger partial charge < -0.3 is 20.2 Å². The molecule has 2 aromatic heterocycles. The van der Waals surface area contributed by atoms with E-state index in [0.717, 1.165) is 16.3 Å². The van der Waals surface area contributed by atoms with Crippen molar-refractivity contribution in [3.05, 3.63) is 96.3 Å². The van der Waals surface area contributed by atoms with Gasteiger partial charge in [0, 0.05) is 47.6 Å². The van der Waals surface area contributed by atoms with Crippen molar-refractivity contribution in [1.82, 2.24) is 14.9 Å². The van der Waals surface area contributed by atoms with Crippen LogP contribution in [0.2, 0.25) is 0 Å². The Bertz CT molecular complexity index is 1550. The van der Waals surface area contributed by atoms with E-state index >= 15 is 0 Å². The summed E-state index contributed by atoms with van der Waals surface area (Å²) in [5, 5.41) is 11.9. The molecule has 7 nitrogen and oxygen atoms in total. The molecule has 0 unspecified atom stereocenters. The summed E-state index contributed by atoms with van der Waals surface area (Å²) < 4.78 is 26.0. The Morgan fingerprint density at radius 3 is 2.72 bits per heavy atom. The van der Waals surface area contributed by atoms with Crippen LogP contribution in [-0.4, -0.2) is 35.0 Å². The minimum absolute atomic E-state index is 0.0361. The van der Waals surface area contributed by atoms with Crippen LogP contribution in [0.3, 0.4) is 0 Å². The number of nitrogens with zero attached hydrogens (tertiary/aromatic N) is 2. The fourth-order valence-electron chi connectivity index (χ4n) is 3.95. The molecule has 36 heavy (non-hydrogen) atoms. The van der Waals surface area contributed by atoms with Crippen molar-refractivity contribution in [3.8, 4) is 17.2 Å². The Morgan fingerprint density at radius 1 is 1.06 bits per heavy atom. The van der Waals surface area contributed by atoms with E-state index < -0.39 is 6.67 Å². The first kappa shape index (κ1) is 23.0. The van der Waals surface area contributed by atoms with Crippen LogP contribution in [0.1, 0.15) is 11.1 Å². The molecular weight excluding hydrogens is 459 g/mol. The first-order chi connectivity index (χ1) is 17.7. The smallest absolute Gasteiger partial charge is 0.326 e. The minimum atomic E-state index is -0.622. The zero-order chi connectivity index (χ0) is 24.9. The zero-order valence-corrected chi connectivity index (χ0v) is 19.3. The van der Waals surface area contributed by atoms with E-state index in [9.17, 15) is 9.18 Å². The predicted octanol–water partition coefficient (Wildman–Crippen LogP) is 6.09. The molecular formula is C28H23FN4O3. The van der Waals surface area contributed by atoms with Gasteiger partial charge in [-0.05, 0) is 42.0 Å². The molecule has 0 bridgehead atoms. The van der Waals surface area contributed by atoms with Crippen molar-refractivity contribution < 1.29 is 18.7 Å². The maximum Gasteiger partial charge on any atom is 0.326 e. The standard InChI is InChI=1S/C28H23FN4O3/c29-10-12-32-28(34)33-13-9-20-14-22(6-7-25(20)33)36-26-8-11-31-24-16-27(21(17-30)15-23(24)26)35-18-19-4-2-1-3-5-19/h1-9,11,13-17,30H,10,12,18H2,(H,32,34). The Morgan fingerprint density at radius 2 is 1.92 bits per heavy atom. The van der Waals surface area contributed by atoms with Crippen molar-refractivity contribution in [2.75, 3.05) is 13.2 Å². The van der Waals surface area contributed by atoms with Gasteiger partial charge in [0.05, 0.1) is 11.0 Å². The third-order valence-electron chi connectivity index (χ3n) is 5.70. The number of carbonyl (C=O) groups is 1. The molecule has 0 aliphatic rings. The molecule has 0 aliphatic heterocycles. The zero-order valence-electron chi connectivity index (χ0n) is 19.3. The number of hydrogen-bond acceptors (Lipinski definition) is 5. The molecule has 2 heterocycles. The number of rotatable bonds is 8. The Kier molecular flexibility index (Phi) is 6.57. The van der Waals surface area contributed by atoms with E-state index in [-0.39, 0.29) is 12.6 Å². The fourth-order valence-corrected chi connectivity index (χ4v) is 3.95. The number of carbonyl (C=O) groups excluding carboxylic acids is 1. The number of fused-ring (bicyclic) bond motifs is 2. The normalized spacial score (nSPS) is 10.9. The highest BCUT2D eigenvalue weighted by molar-refractivity contribution is 5.95. The second-order valence-electron chi connectivity index (χ2n) is 8.06. The van der Waals surface area contributed by atoms with Gasteiger partial charge in [0.2, 0.25) is 0 Å². The van der Waals surface area contributed by atoms with E-state index in [1.165, 1.54) is 10.8 Å². The lowest BCUT2D eigenvalue weighted by Gasteiger charge is -2.13. The molecule has 2 N–H and O–H groups in total. The summed E-state index contributed by atoms with van der Waals surface area (Å²) in [4.78, 5) is 16.7. The second kappa shape index (κ2) is 10.3. The van der Waals surface area contributed by atoms with E-state index in [2.05, 4.69) is 10.3 Å².